The predicted molar refractivity (Wildman–Crippen MR) is 136 cm³/mol. The van der Waals surface area contributed by atoms with Crippen LogP contribution in [-0.2, 0) is 0 Å². The lowest BCUT2D eigenvalue weighted by atomic mass is 10.2. The molecule has 3 aromatic carbocycles. The largest absolute Gasteiger partial charge is 0.491 e. The van der Waals surface area contributed by atoms with E-state index in [0.717, 1.165) is 38.6 Å². The smallest absolute Gasteiger partial charge is 0.257 e. The van der Waals surface area contributed by atoms with Gasteiger partial charge in [0.1, 0.15) is 10.8 Å². The molecule has 0 fully saturated rings. The van der Waals surface area contributed by atoms with Gasteiger partial charge in [-0.25, -0.2) is 4.98 Å². The summed E-state index contributed by atoms with van der Waals surface area (Å²) in [6.07, 6.45) is 1.04. The van der Waals surface area contributed by atoms with E-state index >= 15 is 0 Å². The monoisotopic (exact) mass is 461 g/mol. The van der Waals surface area contributed by atoms with Crippen molar-refractivity contribution in [2.24, 2.45) is 0 Å². The third-order valence-corrected chi connectivity index (χ3v) is 6.23. The molecule has 2 N–H and O–H groups in total. The zero-order valence-electron chi connectivity index (χ0n) is 17.8. The second-order valence-electron chi connectivity index (χ2n) is 7.30. The molecule has 0 aliphatic heterocycles. The summed E-state index contributed by atoms with van der Waals surface area (Å²) in [5.74, 6) is 0.455. The molecular weight excluding hydrogens is 438 g/mol. The van der Waals surface area contributed by atoms with Crippen molar-refractivity contribution in [3.63, 3.8) is 0 Å². The molecule has 1 atom stereocenters. The van der Waals surface area contributed by atoms with E-state index in [1.807, 2.05) is 49.4 Å². The van der Waals surface area contributed by atoms with Gasteiger partial charge in [0.05, 0.1) is 22.0 Å². The summed E-state index contributed by atoms with van der Waals surface area (Å²) in [6.45, 7) is 4.08. The number of anilines is 1. The van der Waals surface area contributed by atoms with Gasteiger partial charge in [-0.3, -0.25) is 10.1 Å². The number of carbonyl (C=O) groups is 1. The molecule has 0 unspecified atom stereocenters. The Kier molecular flexibility index (Phi) is 6.78. The minimum atomic E-state index is -0.282. The normalized spacial score (nSPS) is 11.7. The van der Waals surface area contributed by atoms with Gasteiger partial charge in [0, 0.05) is 11.1 Å². The number of aromatic nitrogens is 1. The maximum atomic E-state index is 12.6. The number of benzene rings is 3. The van der Waals surface area contributed by atoms with Crippen LogP contribution in [0.25, 0.3) is 20.8 Å². The zero-order chi connectivity index (χ0) is 22.5. The molecule has 0 saturated carbocycles. The SMILES string of the molecule is CC[C@@H](C)Oc1ccc(C(=O)NC(=S)Nc2ccccc2-c2nc3ccccc3s2)cc1. The first-order valence-corrected chi connectivity index (χ1v) is 11.6. The lowest BCUT2D eigenvalue weighted by Crippen LogP contribution is -2.34. The van der Waals surface area contributed by atoms with Crippen LogP contribution in [0.4, 0.5) is 5.69 Å². The number of nitrogens with one attached hydrogen (secondary N) is 2. The molecule has 0 aliphatic rings. The minimum Gasteiger partial charge on any atom is -0.491 e. The van der Waals surface area contributed by atoms with Gasteiger partial charge in [-0.1, -0.05) is 31.2 Å². The summed E-state index contributed by atoms with van der Waals surface area (Å²) < 4.78 is 6.88. The Balaban J connectivity index is 1.45. The highest BCUT2D eigenvalue weighted by molar-refractivity contribution is 7.80. The van der Waals surface area contributed by atoms with Gasteiger partial charge in [-0.05, 0) is 74.1 Å². The van der Waals surface area contributed by atoms with Gasteiger partial charge in [-0.2, -0.15) is 0 Å². The number of nitrogens with zero attached hydrogens (tertiary/aromatic N) is 1. The van der Waals surface area contributed by atoms with Crippen LogP contribution in [0.5, 0.6) is 5.75 Å². The number of ether oxygens (including phenoxy) is 1. The van der Waals surface area contributed by atoms with Crippen LogP contribution >= 0.6 is 23.6 Å². The quantitative estimate of drug-likeness (QED) is 0.332. The molecule has 1 heterocycles. The standard InChI is InChI=1S/C25H23N3O2S2/c1-3-16(2)30-18-14-12-17(13-15-18)23(29)28-25(31)27-20-9-5-4-8-19(20)24-26-21-10-6-7-11-22(21)32-24/h4-16H,3H2,1-2H3,(H2,27,28,29,31)/t16-/m1/s1. The van der Waals surface area contributed by atoms with Crippen LogP contribution < -0.4 is 15.4 Å². The van der Waals surface area contributed by atoms with Gasteiger partial charge in [0.15, 0.2) is 5.11 Å². The molecule has 1 amide bonds. The van der Waals surface area contributed by atoms with Crippen LogP contribution in [0.2, 0.25) is 0 Å². The Morgan fingerprint density at radius 2 is 1.78 bits per heavy atom. The molecule has 162 valence electrons. The number of thiocarbonyl (C=S) groups is 1. The second kappa shape index (κ2) is 9.89. The van der Waals surface area contributed by atoms with E-state index in [9.17, 15) is 4.79 Å². The van der Waals surface area contributed by atoms with Gasteiger partial charge in [0.25, 0.3) is 5.91 Å². The fourth-order valence-corrected chi connectivity index (χ4v) is 4.30. The maximum Gasteiger partial charge on any atom is 0.257 e. The van der Waals surface area contributed by atoms with Gasteiger partial charge >= 0.3 is 0 Å². The summed E-state index contributed by atoms with van der Waals surface area (Å²) in [6, 6.07) is 22.8. The Morgan fingerprint density at radius 3 is 2.53 bits per heavy atom. The molecule has 0 spiro atoms. The van der Waals surface area contributed by atoms with Gasteiger partial charge < -0.3 is 10.1 Å². The van der Waals surface area contributed by atoms with Crippen molar-refractivity contribution >= 4 is 50.5 Å². The number of fused-ring (bicyclic) bond motifs is 1. The molecule has 4 rings (SSSR count). The van der Waals surface area contributed by atoms with E-state index in [4.69, 9.17) is 21.9 Å². The number of thiazole rings is 1. The molecular formula is C25H23N3O2S2. The van der Waals surface area contributed by atoms with E-state index < -0.39 is 0 Å². The Labute approximate surface area is 196 Å². The number of carbonyl (C=O) groups excluding carboxylic acids is 1. The fourth-order valence-electron chi connectivity index (χ4n) is 3.10. The Bertz CT molecular complexity index is 1220. The summed E-state index contributed by atoms with van der Waals surface area (Å²) in [5.41, 5.74) is 3.18. The summed E-state index contributed by atoms with van der Waals surface area (Å²) in [7, 11) is 0. The second-order valence-corrected chi connectivity index (χ2v) is 8.74. The van der Waals surface area contributed by atoms with Crippen molar-refractivity contribution in [3.05, 3.63) is 78.4 Å². The predicted octanol–water partition coefficient (Wildman–Crippen LogP) is 6.27. The van der Waals surface area contributed by atoms with Crippen LogP contribution in [0, 0.1) is 0 Å². The number of hydrogen-bond donors (Lipinski definition) is 2. The lowest BCUT2D eigenvalue weighted by molar-refractivity contribution is 0.0977. The average Bonchev–Trinajstić information content (AvgIpc) is 3.24. The van der Waals surface area contributed by atoms with Crippen molar-refractivity contribution in [2.45, 2.75) is 26.4 Å². The van der Waals surface area contributed by atoms with Crippen molar-refractivity contribution in [3.8, 4) is 16.3 Å². The molecule has 5 nitrogen and oxygen atoms in total. The zero-order valence-corrected chi connectivity index (χ0v) is 19.4. The summed E-state index contributed by atoms with van der Waals surface area (Å²) in [4.78, 5) is 17.3. The Hall–Kier alpha value is -3.29. The highest BCUT2D eigenvalue weighted by atomic mass is 32.1. The maximum absolute atomic E-state index is 12.6. The third-order valence-electron chi connectivity index (χ3n) is 4.96. The van der Waals surface area contributed by atoms with E-state index in [-0.39, 0.29) is 17.1 Å². The first-order chi connectivity index (χ1) is 15.5. The van der Waals surface area contributed by atoms with Crippen LogP contribution in [0.1, 0.15) is 30.6 Å². The van der Waals surface area contributed by atoms with E-state index in [2.05, 4.69) is 23.6 Å². The molecule has 0 radical (unpaired) electrons. The number of rotatable bonds is 6. The van der Waals surface area contributed by atoms with Crippen LogP contribution in [0.15, 0.2) is 72.8 Å². The highest BCUT2D eigenvalue weighted by Crippen LogP contribution is 2.34. The molecule has 0 saturated heterocycles. The molecule has 0 aliphatic carbocycles. The van der Waals surface area contributed by atoms with E-state index in [0.29, 0.717) is 5.56 Å². The number of amides is 1. The van der Waals surface area contributed by atoms with E-state index in [1.165, 1.54) is 0 Å². The summed E-state index contributed by atoms with van der Waals surface area (Å²) >= 11 is 7.02. The number of para-hydroxylation sites is 2. The molecule has 4 aromatic rings. The molecule has 0 bridgehead atoms. The minimum absolute atomic E-state index is 0.127. The number of hydrogen-bond acceptors (Lipinski definition) is 5. The third kappa shape index (κ3) is 5.12. The average molecular weight is 462 g/mol. The van der Waals surface area contributed by atoms with E-state index in [1.54, 1.807) is 35.6 Å². The van der Waals surface area contributed by atoms with Gasteiger partial charge in [0.2, 0.25) is 0 Å². The molecule has 32 heavy (non-hydrogen) atoms. The summed E-state index contributed by atoms with van der Waals surface area (Å²) in [5, 5.41) is 7.00. The van der Waals surface area contributed by atoms with Crippen LogP contribution in [0.3, 0.4) is 0 Å². The first kappa shape index (κ1) is 21.9. The van der Waals surface area contributed by atoms with Crippen LogP contribution in [-0.4, -0.2) is 22.1 Å². The molecule has 7 heteroatoms. The van der Waals surface area contributed by atoms with Crippen molar-refractivity contribution in [2.75, 3.05) is 5.32 Å². The first-order valence-electron chi connectivity index (χ1n) is 10.4. The molecule has 1 aromatic heterocycles. The van der Waals surface area contributed by atoms with Gasteiger partial charge in [-0.15, -0.1) is 11.3 Å². The highest BCUT2D eigenvalue weighted by Gasteiger charge is 2.13. The Morgan fingerprint density at radius 1 is 1.06 bits per heavy atom. The van der Waals surface area contributed by atoms with Crippen molar-refractivity contribution < 1.29 is 9.53 Å². The van der Waals surface area contributed by atoms with Crippen molar-refractivity contribution in [1.29, 1.82) is 0 Å². The fraction of sp³-hybridized carbons (Fsp3) is 0.160. The topological polar surface area (TPSA) is 63.2 Å². The lowest BCUT2D eigenvalue weighted by Gasteiger charge is -2.14. The van der Waals surface area contributed by atoms with Crippen molar-refractivity contribution in [1.82, 2.24) is 10.3 Å².